The Kier molecular flexibility index (Phi) is 6.64. The maximum absolute atomic E-state index is 5.43. The molecule has 1 fully saturated rings. The lowest BCUT2D eigenvalue weighted by Crippen LogP contribution is -2.50. The van der Waals surface area contributed by atoms with E-state index in [1.54, 1.807) is 7.11 Å². The van der Waals surface area contributed by atoms with Crippen LogP contribution in [0.25, 0.3) is 0 Å². The standard InChI is InChI=1S/C15H32N2OS/c1-14(2,3)16-11-13(12-18-6)17-8-7-15(4,5)19-10-9-17/h13,16H,7-12H2,1-6H3. The Balaban J connectivity index is 2.55. The summed E-state index contributed by atoms with van der Waals surface area (Å²) >= 11 is 2.10. The van der Waals surface area contributed by atoms with Gasteiger partial charge in [0.25, 0.3) is 0 Å². The fourth-order valence-electron chi connectivity index (χ4n) is 2.31. The van der Waals surface area contributed by atoms with E-state index in [0.717, 1.165) is 13.2 Å². The Labute approximate surface area is 123 Å². The summed E-state index contributed by atoms with van der Waals surface area (Å²) in [6.45, 7) is 15.6. The van der Waals surface area contributed by atoms with Crippen LogP contribution in [0.4, 0.5) is 0 Å². The van der Waals surface area contributed by atoms with Crippen LogP contribution in [0.2, 0.25) is 0 Å². The lowest BCUT2D eigenvalue weighted by atomic mass is 10.1. The zero-order chi connectivity index (χ0) is 14.5. The highest BCUT2D eigenvalue weighted by molar-refractivity contribution is 8.00. The van der Waals surface area contributed by atoms with Crippen LogP contribution in [-0.4, -0.2) is 60.3 Å². The second-order valence-corrected chi connectivity index (χ2v) is 8.94. The molecule has 114 valence electrons. The smallest absolute Gasteiger partial charge is 0.0630 e. The highest BCUT2D eigenvalue weighted by Gasteiger charge is 2.27. The Bertz CT molecular complexity index is 263. The zero-order valence-electron chi connectivity index (χ0n) is 13.6. The van der Waals surface area contributed by atoms with Crippen molar-refractivity contribution in [2.45, 2.75) is 57.4 Å². The summed E-state index contributed by atoms with van der Waals surface area (Å²) in [4.78, 5) is 2.60. The van der Waals surface area contributed by atoms with Crippen molar-refractivity contribution in [2.24, 2.45) is 0 Å². The van der Waals surface area contributed by atoms with Crippen molar-refractivity contribution in [3.63, 3.8) is 0 Å². The topological polar surface area (TPSA) is 24.5 Å². The number of rotatable bonds is 5. The SMILES string of the molecule is COCC(CNC(C)(C)C)N1CCSC(C)(C)CC1. The van der Waals surface area contributed by atoms with E-state index in [2.05, 4.69) is 56.6 Å². The third-order valence-electron chi connectivity index (χ3n) is 3.62. The van der Waals surface area contributed by atoms with Crippen LogP contribution < -0.4 is 5.32 Å². The van der Waals surface area contributed by atoms with Gasteiger partial charge in [0.1, 0.15) is 0 Å². The van der Waals surface area contributed by atoms with Crippen LogP contribution in [0, 0.1) is 0 Å². The number of methoxy groups -OCH3 is 1. The molecule has 1 heterocycles. The maximum Gasteiger partial charge on any atom is 0.0630 e. The minimum atomic E-state index is 0.172. The van der Waals surface area contributed by atoms with Crippen LogP contribution in [-0.2, 0) is 4.74 Å². The first-order valence-electron chi connectivity index (χ1n) is 7.35. The van der Waals surface area contributed by atoms with E-state index in [0.29, 0.717) is 10.8 Å². The molecule has 0 saturated carbocycles. The van der Waals surface area contributed by atoms with E-state index in [-0.39, 0.29) is 5.54 Å². The molecule has 1 aliphatic heterocycles. The molecule has 0 aromatic carbocycles. The van der Waals surface area contributed by atoms with Gasteiger partial charge in [-0.25, -0.2) is 0 Å². The van der Waals surface area contributed by atoms with E-state index < -0.39 is 0 Å². The molecule has 0 bridgehead atoms. The number of thioether (sulfide) groups is 1. The molecular weight excluding hydrogens is 256 g/mol. The first-order chi connectivity index (χ1) is 8.73. The summed E-state index contributed by atoms with van der Waals surface area (Å²) in [7, 11) is 1.81. The van der Waals surface area contributed by atoms with Gasteiger partial charge in [0, 0.05) is 42.3 Å². The fraction of sp³-hybridized carbons (Fsp3) is 1.00. The molecular formula is C15H32N2OS. The van der Waals surface area contributed by atoms with Gasteiger partial charge in [-0.2, -0.15) is 11.8 Å². The predicted molar refractivity (Wildman–Crippen MR) is 86.1 cm³/mol. The Hall–Kier alpha value is 0.230. The molecule has 19 heavy (non-hydrogen) atoms. The second-order valence-electron chi connectivity index (χ2n) is 7.13. The third-order valence-corrected chi connectivity index (χ3v) is 4.99. The van der Waals surface area contributed by atoms with Gasteiger partial charge in [0.2, 0.25) is 0 Å². The second kappa shape index (κ2) is 7.30. The number of ether oxygens (including phenoxy) is 1. The van der Waals surface area contributed by atoms with Crippen molar-refractivity contribution >= 4 is 11.8 Å². The molecule has 0 aromatic heterocycles. The van der Waals surface area contributed by atoms with Gasteiger partial charge in [-0.15, -0.1) is 0 Å². The largest absolute Gasteiger partial charge is 0.383 e. The van der Waals surface area contributed by atoms with Crippen LogP contribution >= 0.6 is 11.8 Å². The molecule has 1 rings (SSSR count). The van der Waals surface area contributed by atoms with Crippen LogP contribution in [0.5, 0.6) is 0 Å². The van der Waals surface area contributed by atoms with Gasteiger partial charge in [0.05, 0.1) is 6.61 Å². The summed E-state index contributed by atoms with van der Waals surface area (Å²) in [6.07, 6.45) is 1.26. The van der Waals surface area contributed by atoms with E-state index in [1.165, 1.54) is 25.3 Å². The van der Waals surface area contributed by atoms with Gasteiger partial charge in [-0.05, 0) is 33.7 Å². The van der Waals surface area contributed by atoms with Crippen LogP contribution in [0.3, 0.4) is 0 Å². The van der Waals surface area contributed by atoms with E-state index in [9.17, 15) is 0 Å². The Morgan fingerprint density at radius 1 is 1.32 bits per heavy atom. The fourth-order valence-corrected chi connectivity index (χ4v) is 3.42. The van der Waals surface area contributed by atoms with Gasteiger partial charge in [-0.3, -0.25) is 4.90 Å². The third kappa shape index (κ3) is 6.98. The molecule has 0 aliphatic carbocycles. The quantitative estimate of drug-likeness (QED) is 0.840. The molecule has 3 nitrogen and oxygen atoms in total. The zero-order valence-corrected chi connectivity index (χ0v) is 14.4. The van der Waals surface area contributed by atoms with Gasteiger partial charge < -0.3 is 10.1 Å². The molecule has 4 heteroatoms. The Morgan fingerprint density at radius 3 is 2.58 bits per heavy atom. The molecule has 0 radical (unpaired) electrons. The Morgan fingerprint density at radius 2 is 2.00 bits per heavy atom. The van der Waals surface area contributed by atoms with Gasteiger partial charge in [-0.1, -0.05) is 13.8 Å². The average molecular weight is 289 g/mol. The summed E-state index contributed by atoms with van der Waals surface area (Å²) in [5.74, 6) is 1.22. The molecule has 1 aliphatic rings. The maximum atomic E-state index is 5.43. The highest BCUT2D eigenvalue weighted by Crippen LogP contribution is 2.31. The number of nitrogens with one attached hydrogen (secondary N) is 1. The monoisotopic (exact) mass is 288 g/mol. The van der Waals surface area contributed by atoms with E-state index >= 15 is 0 Å². The first-order valence-corrected chi connectivity index (χ1v) is 8.34. The molecule has 1 saturated heterocycles. The summed E-state index contributed by atoms with van der Waals surface area (Å²) in [5, 5.41) is 3.62. The van der Waals surface area contributed by atoms with Crippen LogP contribution in [0.1, 0.15) is 41.0 Å². The van der Waals surface area contributed by atoms with E-state index in [4.69, 9.17) is 4.74 Å². The normalized spacial score (nSPS) is 23.1. The first kappa shape index (κ1) is 17.3. The van der Waals surface area contributed by atoms with E-state index in [1.807, 2.05) is 0 Å². The minimum Gasteiger partial charge on any atom is -0.383 e. The molecule has 0 aromatic rings. The minimum absolute atomic E-state index is 0.172. The van der Waals surface area contributed by atoms with Gasteiger partial charge in [0.15, 0.2) is 0 Å². The molecule has 1 unspecified atom stereocenters. The summed E-state index contributed by atoms with van der Waals surface area (Å²) in [6, 6.07) is 0.485. The number of nitrogens with zero attached hydrogens (tertiary/aromatic N) is 1. The number of hydrogen-bond acceptors (Lipinski definition) is 4. The van der Waals surface area contributed by atoms with Crippen molar-refractivity contribution in [1.29, 1.82) is 0 Å². The van der Waals surface area contributed by atoms with Crippen molar-refractivity contribution < 1.29 is 4.74 Å². The predicted octanol–water partition coefficient (Wildman–Crippen LogP) is 2.61. The van der Waals surface area contributed by atoms with Crippen molar-refractivity contribution in [2.75, 3.05) is 39.1 Å². The lowest BCUT2D eigenvalue weighted by molar-refractivity contribution is 0.0884. The molecule has 1 atom stereocenters. The molecule has 0 amide bonds. The lowest BCUT2D eigenvalue weighted by Gasteiger charge is -2.33. The average Bonchev–Trinajstić information content (AvgIpc) is 2.44. The summed E-state index contributed by atoms with van der Waals surface area (Å²) < 4.78 is 5.85. The highest BCUT2D eigenvalue weighted by atomic mass is 32.2. The van der Waals surface area contributed by atoms with Crippen molar-refractivity contribution in [3.8, 4) is 0 Å². The summed E-state index contributed by atoms with van der Waals surface area (Å²) in [5.41, 5.74) is 0.172. The number of hydrogen-bond donors (Lipinski definition) is 1. The van der Waals surface area contributed by atoms with Crippen LogP contribution in [0.15, 0.2) is 0 Å². The van der Waals surface area contributed by atoms with Gasteiger partial charge >= 0.3 is 0 Å². The van der Waals surface area contributed by atoms with Crippen molar-refractivity contribution in [3.05, 3.63) is 0 Å². The molecule has 1 N–H and O–H groups in total. The molecule has 0 spiro atoms. The van der Waals surface area contributed by atoms with Crippen molar-refractivity contribution in [1.82, 2.24) is 10.2 Å².